The fourth-order valence-electron chi connectivity index (χ4n) is 3.75. The van der Waals surface area contributed by atoms with Crippen molar-refractivity contribution in [1.29, 1.82) is 0 Å². The van der Waals surface area contributed by atoms with Gasteiger partial charge in [-0.2, -0.15) is 0 Å². The van der Waals surface area contributed by atoms with E-state index in [2.05, 4.69) is 20.2 Å². The van der Waals surface area contributed by atoms with Gasteiger partial charge in [0.15, 0.2) is 21.3 Å². The molecule has 2 N–H and O–H groups in total. The van der Waals surface area contributed by atoms with E-state index in [-0.39, 0.29) is 33.8 Å². The van der Waals surface area contributed by atoms with Crippen molar-refractivity contribution in [3.05, 3.63) is 60.5 Å². The summed E-state index contributed by atoms with van der Waals surface area (Å²) in [5.41, 5.74) is 7.35. The van der Waals surface area contributed by atoms with E-state index in [9.17, 15) is 12.8 Å². The van der Waals surface area contributed by atoms with Crippen molar-refractivity contribution < 1.29 is 22.0 Å². The van der Waals surface area contributed by atoms with Gasteiger partial charge in [-0.1, -0.05) is 24.3 Å². The molecule has 0 radical (unpaired) electrons. The van der Waals surface area contributed by atoms with E-state index in [1.165, 1.54) is 18.3 Å². The molecule has 2 aromatic carbocycles. The van der Waals surface area contributed by atoms with Gasteiger partial charge in [0, 0.05) is 18.8 Å². The summed E-state index contributed by atoms with van der Waals surface area (Å²) in [5, 5.41) is 7.39. The number of rotatable bonds is 5. The van der Waals surface area contributed by atoms with Crippen molar-refractivity contribution >= 4 is 15.7 Å². The minimum atomic E-state index is -3.45. The summed E-state index contributed by atoms with van der Waals surface area (Å²) in [4.78, 5) is 8.89. The van der Waals surface area contributed by atoms with Gasteiger partial charge < -0.3 is 14.9 Å². The summed E-state index contributed by atoms with van der Waals surface area (Å²) in [5.74, 6) is -0.460. The molecular formula is C23H20FN5O4S. The maximum absolute atomic E-state index is 14.1. The molecule has 174 valence electrons. The predicted octanol–water partition coefficient (Wildman–Crippen LogP) is 3.53. The third-order valence-electron chi connectivity index (χ3n) is 5.62. The van der Waals surface area contributed by atoms with Crippen molar-refractivity contribution in [1.82, 2.24) is 20.2 Å². The topological polar surface area (TPSA) is 134 Å². The second kappa shape index (κ2) is 8.92. The number of aromatic nitrogens is 4. The maximum atomic E-state index is 14.1. The third-order valence-corrected chi connectivity index (χ3v) is 7.90. The molecule has 0 atom stereocenters. The summed E-state index contributed by atoms with van der Waals surface area (Å²) >= 11 is 0. The summed E-state index contributed by atoms with van der Waals surface area (Å²) in [6.45, 7) is 0.889. The van der Waals surface area contributed by atoms with Crippen LogP contribution in [0.15, 0.2) is 64.0 Å². The van der Waals surface area contributed by atoms with Crippen LogP contribution >= 0.6 is 0 Å². The Morgan fingerprint density at radius 2 is 1.68 bits per heavy atom. The molecular weight excluding hydrogens is 461 g/mol. The first-order valence-electron chi connectivity index (χ1n) is 10.6. The molecule has 9 nitrogen and oxygen atoms in total. The molecule has 34 heavy (non-hydrogen) atoms. The van der Waals surface area contributed by atoms with Gasteiger partial charge in [-0.3, -0.25) is 0 Å². The lowest BCUT2D eigenvalue weighted by Crippen LogP contribution is -2.28. The van der Waals surface area contributed by atoms with Crippen LogP contribution in [0.3, 0.4) is 0 Å². The molecule has 0 bridgehead atoms. The van der Waals surface area contributed by atoms with Crippen LogP contribution in [0.25, 0.3) is 34.3 Å². The van der Waals surface area contributed by atoms with Gasteiger partial charge in [-0.15, -0.1) is 10.2 Å². The first kappa shape index (κ1) is 22.1. The lowest BCUT2D eigenvalue weighted by Gasteiger charge is -2.22. The van der Waals surface area contributed by atoms with Crippen molar-refractivity contribution in [3.8, 4) is 34.3 Å². The number of nitrogens with two attached hydrogens (primary N) is 1. The average Bonchev–Trinajstić information content (AvgIpc) is 3.35. The Morgan fingerprint density at radius 1 is 0.971 bits per heavy atom. The van der Waals surface area contributed by atoms with Crippen molar-refractivity contribution in [2.75, 3.05) is 18.9 Å². The third kappa shape index (κ3) is 4.15. The molecule has 0 amide bonds. The number of halogens is 1. The Kier molecular flexibility index (Phi) is 5.80. The van der Waals surface area contributed by atoms with E-state index >= 15 is 0 Å². The van der Waals surface area contributed by atoms with Crippen molar-refractivity contribution in [2.45, 2.75) is 23.0 Å². The average molecular weight is 482 g/mol. The fourth-order valence-corrected chi connectivity index (χ4v) is 5.46. The van der Waals surface area contributed by atoms with Crippen LogP contribution < -0.4 is 5.73 Å². The molecule has 5 rings (SSSR count). The van der Waals surface area contributed by atoms with Gasteiger partial charge in [0.05, 0.1) is 27.6 Å². The molecule has 0 unspecified atom stereocenters. The molecule has 11 heteroatoms. The maximum Gasteiger partial charge on any atom is 0.270 e. The van der Waals surface area contributed by atoms with Crippen LogP contribution in [0.1, 0.15) is 12.8 Å². The van der Waals surface area contributed by atoms with Crippen LogP contribution in [0.2, 0.25) is 0 Å². The summed E-state index contributed by atoms with van der Waals surface area (Å²) < 4.78 is 50.7. The molecule has 0 spiro atoms. The number of nitrogen functional groups attached to an aromatic ring is 1. The van der Waals surface area contributed by atoms with Gasteiger partial charge in [-0.25, -0.2) is 22.8 Å². The summed E-state index contributed by atoms with van der Waals surface area (Å²) in [6.07, 6.45) is 2.43. The van der Waals surface area contributed by atoms with Crippen LogP contribution in [-0.2, 0) is 14.6 Å². The van der Waals surface area contributed by atoms with E-state index < -0.39 is 20.9 Å². The zero-order valence-corrected chi connectivity index (χ0v) is 18.7. The summed E-state index contributed by atoms with van der Waals surface area (Å²) in [7, 11) is -3.45. The van der Waals surface area contributed by atoms with Gasteiger partial charge in [0.25, 0.3) is 11.8 Å². The monoisotopic (exact) mass is 481 g/mol. The van der Waals surface area contributed by atoms with E-state index in [0.29, 0.717) is 37.3 Å². The molecule has 1 aliphatic rings. The quantitative estimate of drug-likeness (QED) is 0.454. The number of sulfone groups is 1. The van der Waals surface area contributed by atoms with Gasteiger partial charge >= 0.3 is 0 Å². The summed E-state index contributed by atoms with van der Waals surface area (Å²) in [6, 6.07) is 12.5. The molecule has 1 saturated heterocycles. The highest BCUT2D eigenvalue weighted by Crippen LogP contribution is 2.30. The molecule has 1 aliphatic heterocycles. The minimum Gasteiger partial charge on any atom is -0.414 e. The Bertz CT molecular complexity index is 1430. The SMILES string of the molecule is Nc1ncc(-c2ccc(S(=O)(=O)C3CCOCC3)cc2)nc1-c1nnc(-c2ccccc2F)o1. The van der Waals surface area contributed by atoms with E-state index in [1.807, 2.05) is 0 Å². The Balaban J connectivity index is 1.44. The number of hydrogen-bond donors (Lipinski definition) is 1. The number of hydrogen-bond acceptors (Lipinski definition) is 9. The Morgan fingerprint density at radius 3 is 2.41 bits per heavy atom. The number of anilines is 1. The second-order valence-electron chi connectivity index (χ2n) is 7.76. The fraction of sp³-hybridized carbons (Fsp3) is 0.217. The molecule has 0 aliphatic carbocycles. The lowest BCUT2D eigenvalue weighted by molar-refractivity contribution is 0.0983. The van der Waals surface area contributed by atoms with Crippen LogP contribution in [-0.4, -0.2) is 47.0 Å². The van der Waals surface area contributed by atoms with Crippen LogP contribution in [0, 0.1) is 5.82 Å². The van der Waals surface area contributed by atoms with E-state index in [0.717, 1.165) is 0 Å². The van der Waals surface area contributed by atoms with Crippen LogP contribution in [0.5, 0.6) is 0 Å². The standard InChI is InChI=1S/C23H20FN5O4S/c24-18-4-2-1-3-17(18)22-28-29-23(33-22)20-21(25)26-13-19(27-20)14-5-7-15(8-6-14)34(30,31)16-9-11-32-12-10-16/h1-8,13,16H,9-12H2,(H2,25,26). The highest BCUT2D eigenvalue weighted by atomic mass is 32.2. The predicted molar refractivity (Wildman–Crippen MR) is 122 cm³/mol. The lowest BCUT2D eigenvalue weighted by atomic mass is 10.1. The molecule has 4 aromatic rings. The van der Waals surface area contributed by atoms with Gasteiger partial charge in [-0.05, 0) is 37.1 Å². The van der Waals surface area contributed by atoms with E-state index in [4.69, 9.17) is 14.9 Å². The molecule has 0 saturated carbocycles. The van der Waals surface area contributed by atoms with E-state index in [1.54, 1.807) is 36.4 Å². The zero-order chi connectivity index (χ0) is 23.7. The normalized spacial score (nSPS) is 14.9. The minimum absolute atomic E-state index is 0.0104. The number of ether oxygens (including phenoxy) is 1. The van der Waals surface area contributed by atoms with Crippen molar-refractivity contribution in [2.24, 2.45) is 0 Å². The first-order chi connectivity index (χ1) is 16.4. The molecule has 3 heterocycles. The highest BCUT2D eigenvalue weighted by Gasteiger charge is 2.29. The number of nitrogens with zero attached hydrogens (tertiary/aromatic N) is 4. The highest BCUT2D eigenvalue weighted by molar-refractivity contribution is 7.92. The van der Waals surface area contributed by atoms with Crippen LogP contribution in [0.4, 0.5) is 10.2 Å². The Hall–Kier alpha value is -3.70. The molecule has 2 aromatic heterocycles. The largest absolute Gasteiger partial charge is 0.414 e. The van der Waals surface area contributed by atoms with Gasteiger partial charge in [0.1, 0.15) is 5.82 Å². The van der Waals surface area contributed by atoms with Crippen molar-refractivity contribution in [3.63, 3.8) is 0 Å². The Labute approximate surface area is 194 Å². The first-order valence-corrected chi connectivity index (χ1v) is 12.1. The second-order valence-corrected chi connectivity index (χ2v) is 9.99. The smallest absolute Gasteiger partial charge is 0.270 e. The molecule has 1 fully saturated rings. The number of benzene rings is 2. The zero-order valence-electron chi connectivity index (χ0n) is 17.9. The van der Waals surface area contributed by atoms with Gasteiger partial charge in [0.2, 0.25) is 0 Å².